The summed E-state index contributed by atoms with van der Waals surface area (Å²) in [5.74, 6) is -0.171. The van der Waals surface area contributed by atoms with Gasteiger partial charge in [-0.3, -0.25) is 14.2 Å². The van der Waals surface area contributed by atoms with Crippen molar-refractivity contribution in [2.24, 2.45) is 0 Å². The maximum absolute atomic E-state index is 11.7. The summed E-state index contributed by atoms with van der Waals surface area (Å²) in [7, 11) is 0. The maximum atomic E-state index is 11.7. The third kappa shape index (κ3) is 1.90. The van der Waals surface area contributed by atoms with Crippen molar-refractivity contribution in [3.63, 3.8) is 0 Å². The summed E-state index contributed by atoms with van der Waals surface area (Å²) in [6.45, 7) is 1.34. The Kier molecular flexibility index (Phi) is 2.87. The van der Waals surface area contributed by atoms with E-state index in [0.29, 0.717) is 16.4 Å². The fourth-order valence-electron chi connectivity index (χ4n) is 2.98. The van der Waals surface area contributed by atoms with E-state index in [1.807, 2.05) is 48.5 Å². The zero-order valence-corrected chi connectivity index (χ0v) is 12.3. The van der Waals surface area contributed by atoms with Crippen molar-refractivity contribution in [2.45, 2.75) is 6.92 Å². The van der Waals surface area contributed by atoms with Crippen LogP contribution < -0.4 is 4.74 Å². The molecule has 2 aromatic heterocycles. The van der Waals surface area contributed by atoms with Crippen molar-refractivity contribution in [3.05, 3.63) is 48.5 Å². The number of fused-ring (bicyclic) bond motifs is 5. The number of para-hydroxylation sites is 1. The molecule has 0 saturated heterocycles. The van der Waals surface area contributed by atoms with Crippen LogP contribution in [0.25, 0.3) is 32.7 Å². The highest BCUT2D eigenvalue weighted by molar-refractivity contribution is 6.19. The summed E-state index contributed by atoms with van der Waals surface area (Å²) in [5.41, 5.74) is 2.13. The molecule has 0 unspecified atom stereocenters. The Labute approximate surface area is 131 Å². The summed E-state index contributed by atoms with van der Waals surface area (Å²) in [5, 5.41) is 2.35. The molecule has 4 rings (SSSR count). The van der Waals surface area contributed by atoms with E-state index >= 15 is 0 Å². The van der Waals surface area contributed by atoms with Gasteiger partial charge in [0.1, 0.15) is 5.52 Å². The molecule has 112 valence electrons. The van der Waals surface area contributed by atoms with Crippen LogP contribution in [0.3, 0.4) is 0 Å². The van der Waals surface area contributed by atoms with Crippen LogP contribution in [0.15, 0.2) is 48.5 Å². The Balaban J connectivity index is 2.28. The minimum absolute atomic E-state index is 0.259. The van der Waals surface area contributed by atoms with E-state index in [-0.39, 0.29) is 5.88 Å². The van der Waals surface area contributed by atoms with Gasteiger partial charge in [-0.25, -0.2) is 4.98 Å². The lowest BCUT2D eigenvalue weighted by Gasteiger charge is -2.07. The molecule has 0 amide bonds. The van der Waals surface area contributed by atoms with Gasteiger partial charge < -0.3 is 4.74 Å². The topological polar surface area (TPSA) is 61.2 Å². The molecule has 0 radical (unpaired) electrons. The standard InChI is InChI=1S/C18H12N2O3/c1-11(22)23-18-13-7-3-2-6-12(13)17-16(19-18)14-8-4-5-9-15(14)20(17)10-21/h2-10H,1H3. The average Bonchev–Trinajstić information content (AvgIpc) is 2.88. The molecule has 0 N–H and O–H groups in total. The van der Waals surface area contributed by atoms with Crippen LogP contribution >= 0.6 is 0 Å². The lowest BCUT2D eigenvalue weighted by atomic mass is 10.1. The number of nitrogens with zero attached hydrogens (tertiary/aromatic N) is 2. The molecule has 0 saturated carbocycles. The highest BCUT2D eigenvalue weighted by Crippen LogP contribution is 2.35. The molecular formula is C18H12N2O3. The highest BCUT2D eigenvalue weighted by atomic mass is 16.5. The van der Waals surface area contributed by atoms with Crippen LogP contribution in [0.1, 0.15) is 6.92 Å². The average molecular weight is 304 g/mol. The molecule has 0 aliphatic heterocycles. The molecule has 2 heterocycles. The van der Waals surface area contributed by atoms with Crippen molar-refractivity contribution in [2.75, 3.05) is 0 Å². The lowest BCUT2D eigenvalue weighted by molar-refractivity contribution is -0.132. The number of hydrogen-bond acceptors (Lipinski definition) is 4. The SMILES string of the molecule is CC(=O)Oc1nc2c3ccccc3n(C=O)c2c2ccccc12. The predicted octanol–water partition coefficient (Wildman–Crippen LogP) is 3.31. The first kappa shape index (κ1) is 13.5. The van der Waals surface area contributed by atoms with Gasteiger partial charge in [-0.15, -0.1) is 0 Å². The number of rotatable bonds is 2. The number of hydrogen-bond donors (Lipinski definition) is 0. The summed E-state index contributed by atoms with van der Waals surface area (Å²) < 4.78 is 6.86. The number of carbonyl (C=O) groups is 2. The molecular weight excluding hydrogens is 292 g/mol. The van der Waals surface area contributed by atoms with Gasteiger partial charge in [-0.2, -0.15) is 0 Å². The van der Waals surface area contributed by atoms with E-state index in [9.17, 15) is 9.59 Å². The minimum atomic E-state index is -0.430. The van der Waals surface area contributed by atoms with E-state index in [4.69, 9.17) is 4.74 Å². The van der Waals surface area contributed by atoms with Gasteiger partial charge in [-0.1, -0.05) is 36.4 Å². The number of carbonyl (C=O) groups excluding carboxylic acids is 2. The van der Waals surface area contributed by atoms with Crippen LogP contribution in [0, 0.1) is 0 Å². The number of benzene rings is 2. The van der Waals surface area contributed by atoms with Crippen molar-refractivity contribution in [1.82, 2.24) is 9.55 Å². The largest absolute Gasteiger partial charge is 0.407 e. The molecule has 0 atom stereocenters. The van der Waals surface area contributed by atoms with Gasteiger partial charge in [-0.05, 0) is 12.1 Å². The first-order valence-electron chi connectivity index (χ1n) is 7.16. The smallest absolute Gasteiger partial charge is 0.309 e. The second-order valence-electron chi connectivity index (χ2n) is 5.25. The molecule has 5 heteroatoms. The highest BCUT2D eigenvalue weighted by Gasteiger charge is 2.18. The third-order valence-corrected chi connectivity index (χ3v) is 3.86. The Hall–Kier alpha value is -3.21. The third-order valence-electron chi connectivity index (χ3n) is 3.86. The normalized spacial score (nSPS) is 11.2. The lowest BCUT2D eigenvalue weighted by Crippen LogP contribution is -2.04. The van der Waals surface area contributed by atoms with Crippen LogP contribution in [0.5, 0.6) is 5.88 Å². The van der Waals surface area contributed by atoms with Gasteiger partial charge in [0.2, 0.25) is 12.3 Å². The fourth-order valence-corrected chi connectivity index (χ4v) is 2.98. The minimum Gasteiger partial charge on any atom is -0.407 e. The van der Waals surface area contributed by atoms with Crippen molar-refractivity contribution in [3.8, 4) is 5.88 Å². The predicted molar refractivity (Wildman–Crippen MR) is 88.2 cm³/mol. The molecule has 0 fully saturated rings. The quantitative estimate of drug-likeness (QED) is 0.421. The zero-order chi connectivity index (χ0) is 16.0. The summed E-state index contributed by atoms with van der Waals surface area (Å²) in [6.07, 6.45) is 0.782. The number of pyridine rings is 1. The molecule has 23 heavy (non-hydrogen) atoms. The van der Waals surface area contributed by atoms with Gasteiger partial charge in [0, 0.05) is 23.1 Å². The van der Waals surface area contributed by atoms with Crippen molar-refractivity contribution < 1.29 is 14.3 Å². The van der Waals surface area contributed by atoms with Gasteiger partial charge >= 0.3 is 5.97 Å². The Morgan fingerprint density at radius 1 is 1.04 bits per heavy atom. The van der Waals surface area contributed by atoms with Gasteiger partial charge in [0.25, 0.3) is 0 Å². The Morgan fingerprint density at radius 3 is 2.39 bits per heavy atom. The molecule has 5 nitrogen and oxygen atoms in total. The maximum Gasteiger partial charge on any atom is 0.309 e. The molecule has 0 aliphatic carbocycles. The molecule has 0 bridgehead atoms. The van der Waals surface area contributed by atoms with Crippen LogP contribution in [0.2, 0.25) is 0 Å². The molecule has 2 aromatic carbocycles. The van der Waals surface area contributed by atoms with Crippen molar-refractivity contribution in [1.29, 1.82) is 0 Å². The molecule has 4 aromatic rings. The summed E-state index contributed by atoms with van der Waals surface area (Å²) >= 11 is 0. The van der Waals surface area contributed by atoms with Crippen molar-refractivity contribution >= 4 is 45.1 Å². The van der Waals surface area contributed by atoms with Gasteiger partial charge in [0.15, 0.2) is 0 Å². The second kappa shape index (κ2) is 4.91. The molecule has 0 spiro atoms. The second-order valence-corrected chi connectivity index (χ2v) is 5.25. The van der Waals surface area contributed by atoms with E-state index in [2.05, 4.69) is 4.98 Å². The van der Waals surface area contributed by atoms with E-state index in [1.54, 1.807) is 4.57 Å². The van der Waals surface area contributed by atoms with E-state index in [1.165, 1.54) is 6.92 Å². The van der Waals surface area contributed by atoms with Crippen LogP contribution in [-0.2, 0) is 9.59 Å². The molecule has 0 aliphatic rings. The first-order valence-corrected chi connectivity index (χ1v) is 7.16. The van der Waals surface area contributed by atoms with E-state index < -0.39 is 5.97 Å². The zero-order valence-electron chi connectivity index (χ0n) is 12.3. The van der Waals surface area contributed by atoms with Gasteiger partial charge in [0.05, 0.1) is 11.0 Å². The summed E-state index contributed by atoms with van der Waals surface area (Å²) in [4.78, 5) is 27.6. The number of esters is 1. The van der Waals surface area contributed by atoms with Crippen LogP contribution in [-0.4, -0.2) is 21.9 Å². The Bertz CT molecular complexity index is 1100. The fraction of sp³-hybridized carbons (Fsp3) is 0.0556. The number of aromatic nitrogens is 2. The first-order chi connectivity index (χ1) is 11.2. The monoisotopic (exact) mass is 304 g/mol. The number of ether oxygens (including phenoxy) is 1. The van der Waals surface area contributed by atoms with Crippen LogP contribution in [0.4, 0.5) is 0 Å². The van der Waals surface area contributed by atoms with E-state index in [0.717, 1.165) is 22.7 Å². The Morgan fingerprint density at radius 2 is 1.70 bits per heavy atom. The summed E-state index contributed by atoms with van der Waals surface area (Å²) in [6, 6.07) is 15.0.